The molecule has 1 aromatic heterocycles. The zero-order valence-electron chi connectivity index (χ0n) is 14.2. The van der Waals surface area contributed by atoms with Gasteiger partial charge in [-0.25, -0.2) is 9.78 Å². The molecule has 7 nitrogen and oxygen atoms in total. The van der Waals surface area contributed by atoms with Crippen LogP contribution in [0.15, 0.2) is 34.2 Å². The summed E-state index contributed by atoms with van der Waals surface area (Å²) in [6.45, 7) is 3.67. The molecule has 0 saturated heterocycles. The molecule has 0 aliphatic carbocycles. The molecule has 2 aromatic rings. The lowest BCUT2D eigenvalue weighted by atomic mass is 10.2. The molecular weight excluding hydrogens is 342 g/mol. The first-order valence-electron chi connectivity index (χ1n) is 7.65. The maximum Gasteiger partial charge on any atom is 0.337 e. The second-order valence-electron chi connectivity index (χ2n) is 5.19. The van der Waals surface area contributed by atoms with E-state index in [-0.39, 0.29) is 17.2 Å². The van der Waals surface area contributed by atoms with Gasteiger partial charge in [-0.3, -0.25) is 9.59 Å². The Morgan fingerprint density at radius 1 is 1.28 bits per heavy atom. The van der Waals surface area contributed by atoms with Crippen molar-refractivity contribution in [1.82, 2.24) is 9.97 Å². The Morgan fingerprint density at radius 2 is 1.96 bits per heavy atom. The van der Waals surface area contributed by atoms with E-state index in [0.29, 0.717) is 34.1 Å². The zero-order chi connectivity index (χ0) is 18.4. The van der Waals surface area contributed by atoms with Gasteiger partial charge in [-0.05, 0) is 37.6 Å². The van der Waals surface area contributed by atoms with Gasteiger partial charge in [-0.15, -0.1) is 0 Å². The van der Waals surface area contributed by atoms with Crippen LogP contribution in [0.3, 0.4) is 0 Å². The fraction of sp³-hybridized carbons (Fsp3) is 0.294. The van der Waals surface area contributed by atoms with Crippen LogP contribution < -0.4 is 10.9 Å². The Bertz CT molecular complexity index is 831. The summed E-state index contributed by atoms with van der Waals surface area (Å²) in [5, 5.41) is 3.13. The van der Waals surface area contributed by atoms with Crippen molar-refractivity contribution in [3.8, 4) is 0 Å². The van der Waals surface area contributed by atoms with Crippen molar-refractivity contribution < 1.29 is 14.3 Å². The minimum absolute atomic E-state index is 0.104. The number of hydrogen-bond acceptors (Lipinski definition) is 6. The number of amides is 1. The Labute approximate surface area is 149 Å². The lowest BCUT2D eigenvalue weighted by Gasteiger charge is -2.07. The fourth-order valence-corrected chi connectivity index (χ4v) is 2.91. The van der Waals surface area contributed by atoms with E-state index in [1.165, 1.54) is 7.11 Å². The van der Waals surface area contributed by atoms with Gasteiger partial charge in [-0.1, -0.05) is 18.7 Å². The quantitative estimate of drug-likeness (QED) is 0.464. The molecule has 0 bridgehead atoms. The third-order valence-corrected chi connectivity index (χ3v) is 4.36. The number of benzene rings is 1. The van der Waals surface area contributed by atoms with Gasteiger partial charge in [0.25, 0.3) is 5.56 Å². The number of carbonyl (C=O) groups is 2. The van der Waals surface area contributed by atoms with Crippen molar-refractivity contribution in [2.75, 3.05) is 18.2 Å². The molecule has 0 unspecified atom stereocenters. The number of aryl methyl sites for hydroxylation is 1. The maximum absolute atomic E-state index is 12.0. The predicted molar refractivity (Wildman–Crippen MR) is 96.1 cm³/mol. The van der Waals surface area contributed by atoms with E-state index in [4.69, 9.17) is 0 Å². The number of thioether (sulfide) groups is 1. The van der Waals surface area contributed by atoms with Crippen LogP contribution in [0.4, 0.5) is 5.69 Å². The van der Waals surface area contributed by atoms with Crippen LogP contribution in [0.5, 0.6) is 0 Å². The smallest absolute Gasteiger partial charge is 0.337 e. The van der Waals surface area contributed by atoms with E-state index in [1.54, 1.807) is 31.2 Å². The fourth-order valence-electron chi connectivity index (χ4n) is 2.21. The molecule has 0 atom stereocenters. The number of aromatic amines is 1. The van der Waals surface area contributed by atoms with Crippen LogP contribution in [0.25, 0.3) is 0 Å². The van der Waals surface area contributed by atoms with Gasteiger partial charge in [0.1, 0.15) is 0 Å². The average molecular weight is 361 g/mol. The predicted octanol–water partition coefficient (Wildman–Crippen LogP) is 2.16. The minimum atomic E-state index is -0.436. The van der Waals surface area contributed by atoms with E-state index in [9.17, 15) is 14.4 Å². The molecule has 132 valence electrons. The highest BCUT2D eigenvalue weighted by molar-refractivity contribution is 7.99. The molecule has 0 spiro atoms. The van der Waals surface area contributed by atoms with Gasteiger partial charge in [0.15, 0.2) is 5.16 Å². The maximum atomic E-state index is 12.0. The van der Waals surface area contributed by atoms with Crippen molar-refractivity contribution in [2.45, 2.75) is 25.4 Å². The second kappa shape index (κ2) is 8.48. The van der Waals surface area contributed by atoms with Crippen LogP contribution in [-0.2, 0) is 16.0 Å². The third-order valence-electron chi connectivity index (χ3n) is 3.48. The number of nitrogens with zero attached hydrogens (tertiary/aromatic N) is 1. The molecule has 1 aromatic carbocycles. The molecule has 0 aliphatic heterocycles. The summed E-state index contributed by atoms with van der Waals surface area (Å²) in [6.07, 6.45) is 0.612. The monoisotopic (exact) mass is 361 g/mol. The number of H-pyrrole nitrogens is 1. The molecule has 1 heterocycles. The highest BCUT2D eigenvalue weighted by Crippen LogP contribution is 2.15. The van der Waals surface area contributed by atoms with Gasteiger partial charge in [0.05, 0.1) is 18.4 Å². The molecule has 0 radical (unpaired) electrons. The lowest BCUT2D eigenvalue weighted by Crippen LogP contribution is -2.18. The largest absolute Gasteiger partial charge is 0.465 e. The molecule has 0 saturated carbocycles. The number of anilines is 1. The number of rotatable bonds is 6. The van der Waals surface area contributed by atoms with Gasteiger partial charge < -0.3 is 15.0 Å². The van der Waals surface area contributed by atoms with Crippen LogP contribution in [0.1, 0.15) is 28.5 Å². The summed E-state index contributed by atoms with van der Waals surface area (Å²) in [5.41, 5.74) is 2.13. The number of ether oxygens (including phenoxy) is 1. The Balaban J connectivity index is 1.95. The number of nitrogens with one attached hydrogen (secondary N) is 2. The zero-order valence-corrected chi connectivity index (χ0v) is 15.0. The summed E-state index contributed by atoms with van der Waals surface area (Å²) in [6, 6.07) is 6.38. The van der Waals surface area contributed by atoms with Crippen molar-refractivity contribution in [3.63, 3.8) is 0 Å². The summed E-state index contributed by atoms with van der Waals surface area (Å²) in [7, 11) is 1.31. The van der Waals surface area contributed by atoms with E-state index in [0.717, 1.165) is 11.8 Å². The Kier molecular flexibility index (Phi) is 6.35. The van der Waals surface area contributed by atoms with Gasteiger partial charge in [-0.2, -0.15) is 0 Å². The van der Waals surface area contributed by atoms with Crippen LogP contribution in [-0.4, -0.2) is 34.7 Å². The Morgan fingerprint density at radius 3 is 2.52 bits per heavy atom. The summed E-state index contributed by atoms with van der Waals surface area (Å²) >= 11 is 1.15. The van der Waals surface area contributed by atoms with Gasteiger partial charge >= 0.3 is 5.97 Å². The Hall–Kier alpha value is -2.61. The normalized spacial score (nSPS) is 10.4. The SMILES string of the molecule is CCc1c(C)nc(SCC(=O)Nc2ccc(C(=O)OC)cc2)[nH]c1=O. The molecule has 8 heteroatoms. The van der Waals surface area contributed by atoms with E-state index < -0.39 is 5.97 Å². The van der Waals surface area contributed by atoms with Crippen LogP contribution in [0.2, 0.25) is 0 Å². The van der Waals surface area contributed by atoms with Crippen molar-refractivity contribution in [2.24, 2.45) is 0 Å². The van der Waals surface area contributed by atoms with Gasteiger partial charge in [0, 0.05) is 16.9 Å². The third kappa shape index (κ3) is 4.93. The van der Waals surface area contributed by atoms with Crippen molar-refractivity contribution >= 4 is 29.3 Å². The summed E-state index contributed by atoms with van der Waals surface area (Å²) in [5.74, 6) is -0.572. The summed E-state index contributed by atoms with van der Waals surface area (Å²) < 4.78 is 4.61. The second-order valence-corrected chi connectivity index (χ2v) is 6.16. The topological polar surface area (TPSA) is 101 Å². The number of carbonyl (C=O) groups excluding carboxylic acids is 2. The first-order valence-corrected chi connectivity index (χ1v) is 8.64. The first kappa shape index (κ1) is 18.7. The standard InChI is InChI=1S/C17H19N3O4S/c1-4-13-10(2)18-17(20-15(13)22)25-9-14(21)19-12-7-5-11(6-8-12)16(23)24-3/h5-8H,4,9H2,1-3H3,(H,19,21)(H,18,20,22). The minimum Gasteiger partial charge on any atom is -0.465 e. The van der Waals surface area contributed by atoms with Crippen LogP contribution >= 0.6 is 11.8 Å². The van der Waals surface area contributed by atoms with E-state index in [2.05, 4.69) is 20.0 Å². The molecule has 0 aliphatic rings. The molecule has 2 N–H and O–H groups in total. The van der Waals surface area contributed by atoms with Crippen molar-refractivity contribution in [1.29, 1.82) is 0 Å². The molecule has 0 fully saturated rings. The summed E-state index contributed by atoms with van der Waals surface area (Å²) in [4.78, 5) is 42.2. The van der Waals surface area contributed by atoms with Gasteiger partial charge in [0.2, 0.25) is 5.91 Å². The molecular formula is C17H19N3O4S. The molecule has 1 amide bonds. The molecule has 25 heavy (non-hydrogen) atoms. The number of aromatic nitrogens is 2. The highest BCUT2D eigenvalue weighted by atomic mass is 32.2. The average Bonchev–Trinajstić information content (AvgIpc) is 2.60. The van der Waals surface area contributed by atoms with Crippen molar-refractivity contribution in [3.05, 3.63) is 51.4 Å². The first-order chi connectivity index (χ1) is 11.9. The molecule has 2 rings (SSSR count). The van der Waals surface area contributed by atoms with E-state index in [1.807, 2.05) is 6.92 Å². The highest BCUT2D eigenvalue weighted by Gasteiger charge is 2.10. The number of methoxy groups -OCH3 is 1. The van der Waals surface area contributed by atoms with Crippen LogP contribution in [0, 0.1) is 6.92 Å². The lowest BCUT2D eigenvalue weighted by molar-refractivity contribution is -0.113. The van der Waals surface area contributed by atoms with E-state index >= 15 is 0 Å². The number of esters is 1. The number of hydrogen-bond donors (Lipinski definition) is 2.